The number of rotatable bonds is 5. The number of aliphatic carboxylic acids is 1. The Morgan fingerprint density at radius 3 is 2.47 bits per heavy atom. The lowest BCUT2D eigenvalue weighted by molar-refractivity contribution is -0.140. The number of hydrogen-bond donors (Lipinski definition) is 2. The molecule has 1 aliphatic rings. The van der Waals surface area contributed by atoms with Crippen molar-refractivity contribution in [2.45, 2.75) is 45.2 Å². The maximum absolute atomic E-state index is 12.1. The second-order valence-corrected chi connectivity index (χ2v) is 5.11. The number of carbonyl (C=O) groups is 2. The zero-order chi connectivity index (χ0) is 14.4. The molecule has 1 unspecified atom stereocenters. The van der Waals surface area contributed by atoms with E-state index in [-0.39, 0.29) is 18.0 Å². The van der Waals surface area contributed by atoms with E-state index in [0.717, 1.165) is 12.8 Å². The average molecular weight is 272 g/mol. The van der Waals surface area contributed by atoms with Crippen molar-refractivity contribution in [3.63, 3.8) is 0 Å². The summed E-state index contributed by atoms with van der Waals surface area (Å²) in [5, 5.41) is 11.8. The van der Waals surface area contributed by atoms with Crippen LogP contribution in [0, 0.1) is 5.92 Å². The van der Waals surface area contributed by atoms with Crippen LogP contribution in [0.25, 0.3) is 0 Å². The summed E-state index contributed by atoms with van der Waals surface area (Å²) in [6.07, 6.45) is 2.30. The van der Waals surface area contributed by atoms with E-state index in [0.29, 0.717) is 19.6 Å². The van der Waals surface area contributed by atoms with Crippen molar-refractivity contribution in [3.8, 4) is 0 Å². The number of nitrogens with zero attached hydrogens (tertiary/aromatic N) is 1. The third-order valence-electron chi connectivity index (χ3n) is 3.82. The number of ether oxygens (including phenoxy) is 1. The number of carboxylic acid groups (broad SMARTS) is 1. The predicted octanol–water partition coefficient (Wildman–Crippen LogP) is 1.31. The van der Waals surface area contributed by atoms with Crippen LogP contribution < -0.4 is 5.32 Å². The molecular weight excluding hydrogens is 248 g/mol. The second-order valence-electron chi connectivity index (χ2n) is 5.11. The molecule has 2 amide bonds. The fourth-order valence-corrected chi connectivity index (χ4v) is 2.16. The lowest BCUT2D eigenvalue weighted by Crippen LogP contribution is -2.52. The lowest BCUT2D eigenvalue weighted by atomic mass is 9.99. The molecule has 6 heteroatoms. The van der Waals surface area contributed by atoms with Gasteiger partial charge in [0, 0.05) is 26.3 Å². The van der Waals surface area contributed by atoms with Gasteiger partial charge in [0.25, 0.3) is 0 Å². The van der Waals surface area contributed by atoms with Crippen LogP contribution in [0.4, 0.5) is 4.79 Å². The van der Waals surface area contributed by atoms with E-state index in [1.807, 2.05) is 13.8 Å². The fourth-order valence-electron chi connectivity index (χ4n) is 2.16. The SMILES string of the molecule is CCC(C)[C@H](NC(=O)N(C)C1CCOCC1)C(=O)O. The zero-order valence-electron chi connectivity index (χ0n) is 11.9. The molecule has 1 saturated heterocycles. The largest absolute Gasteiger partial charge is 0.480 e. The minimum atomic E-state index is -0.983. The van der Waals surface area contributed by atoms with Crippen LogP contribution in [0.15, 0.2) is 0 Å². The van der Waals surface area contributed by atoms with Crippen molar-refractivity contribution >= 4 is 12.0 Å². The van der Waals surface area contributed by atoms with Gasteiger partial charge < -0.3 is 20.1 Å². The van der Waals surface area contributed by atoms with Crippen LogP contribution >= 0.6 is 0 Å². The van der Waals surface area contributed by atoms with Crippen molar-refractivity contribution in [1.29, 1.82) is 0 Å². The first kappa shape index (κ1) is 15.8. The van der Waals surface area contributed by atoms with Crippen LogP contribution in [-0.4, -0.2) is 54.4 Å². The quantitative estimate of drug-likeness (QED) is 0.791. The molecule has 110 valence electrons. The predicted molar refractivity (Wildman–Crippen MR) is 71.0 cm³/mol. The van der Waals surface area contributed by atoms with E-state index in [1.165, 1.54) is 0 Å². The summed E-state index contributed by atoms with van der Waals surface area (Å²) in [4.78, 5) is 24.9. The van der Waals surface area contributed by atoms with Crippen molar-refractivity contribution in [3.05, 3.63) is 0 Å². The van der Waals surface area contributed by atoms with Gasteiger partial charge in [-0.1, -0.05) is 20.3 Å². The Hall–Kier alpha value is -1.30. The fraction of sp³-hybridized carbons (Fsp3) is 0.846. The molecule has 1 rings (SSSR count). The molecule has 2 N–H and O–H groups in total. The van der Waals surface area contributed by atoms with Gasteiger partial charge in [0.05, 0.1) is 0 Å². The van der Waals surface area contributed by atoms with Gasteiger partial charge in [-0.3, -0.25) is 0 Å². The summed E-state index contributed by atoms with van der Waals surface area (Å²) in [6, 6.07) is -1.03. The molecule has 19 heavy (non-hydrogen) atoms. The summed E-state index contributed by atoms with van der Waals surface area (Å²) in [7, 11) is 1.71. The van der Waals surface area contributed by atoms with E-state index < -0.39 is 12.0 Å². The Labute approximate surface area is 114 Å². The summed E-state index contributed by atoms with van der Waals surface area (Å²) in [5.41, 5.74) is 0. The molecule has 0 spiro atoms. The topological polar surface area (TPSA) is 78.9 Å². The lowest BCUT2D eigenvalue weighted by Gasteiger charge is -2.32. The van der Waals surface area contributed by atoms with Gasteiger partial charge in [0.1, 0.15) is 6.04 Å². The van der Waals surface area contributed by atoms with Crippen molar-refractivity contribution in [1.82, 2.24) is 10.2 Å². The normalized spacial score (nSPS) is 19.5. The molecule has 0 saturated carbocycles. The van der Waals surface area contributed by atoms with Crippen LogP contribution in [0.3, 0.4) is 0 Å². The van der Waals surface area contributed by atoms with E-state index >= 15 is 0 Å². The van der Waals surface area contributed by atoms with E-state index in [1.54, 1.807) is 11.9 Å². The van der Waals surface area contributed by atoms with Crippen molar-refractivity contribution < 1.29 is 19.4 Å². The number of hydrogen-bond acceptors (Lipinski definition) is 3. The molecule has 1 fully saturated rings. The van der Waals surface area contributed by atoms with Gasteiger partial charge >= 0.3 is 12.0 Å². The highest BCUT2D eigenvalue weighted by molar-refractivity contribution is 5.82. The van der Waals surface area contributed by atoms with Gasteiger partial charge in [-0.2, -0.15) is 0 Å². The van der Waals surface area contributed by atoms with Gasteiger partial charge in [-0.15, -0.1) is 0 Å². The molecule has 0 aliphatic carbocycles. The Kier molecular flexibility index (Phi) is 6.08. The van der Waals surface area contributed by atoms with E-state index in [9.17, 15) is 9.59 Å². The van der Waals surface area contributed by atoms with Crippen LogP contribution in [-0.2, 0) is 9.53 Å². The third-order valence-corrected chi connectivity index (χ3v) is 3.82. The first-order chi connectivity index (χ1) is 8.97. The summed E-state index contributed by atoms with van der Waals surface area (Å²) in [5.74, 6) is -1.08. The highest BCUT2D eigenvalue weighted by atomic mass is 16.5. The Morgan fingerprint density at radius 2 is 2.00 bits per heavy atom. The van der Waals surface area contributed by atoms with Crippen molar-refractivity contribution in [2.24, 2.45) is 5.92 Å². The zero-order valence-corrected chi connectivity index (χ0v) is 11.9. The van der Waals surface area contributed by atoms with Crippen molar-refractivity contribution in [2.75, 3.05) is 20.3 Å². The summed E-state index contributed by atoms with van der Waals surface area (Å²) < 4.78 is 5.25. The maximum Gasteiger partial charge on any atom is 0.326 e. The van der Waals surface area contributed by atoms with Crippen LogP contribution in [0.5, 0.6) is 0 Å². The number of amides is 2. The first-order valence-corrected chi connectivity index (χ1v) is 6.81. The Morgan fingerprint density at radius 1 is 1.42 bits per heavy atom. The highest BCUT2D eigenvalue weighted by Gasteiger charge is 2.29. The standard InChI is InChI=1S/C13H24N2O4/c1-4-9(2)11(12(16)17)14-13(18)15(3)10-5-7-19-8-6-10/h9-11H,4-8H2,1-3H3,(H,14,18)(H,16,17)/t9?,11-/m0/s1. The van der Waals surface area contributed by atoms with Crippen LogP contribution in [0.2, 0.25) is 0 Å². The molecular formula is C13H24N2O4. The molecule has 1 aliphatic heterocycles. The molecule has 2 atom stereocenters. The second kappa shape index (κ2) is 7.33. The highest BCUT2D eigenvalue weighted by Crippen LogP contribution is 2.14. The Bertz CT molecular complexity index is 316. The molecule has 0 radical (unpaired) electrons. The number of urea groups is 1. The Balaban J connectivity index is 2.57. The first-order valence-electron chi connectivity index (χ1n) is 6.81. The van der Waals surface area contributed by atoms with E-state index in [2.05, 4.69) is 5.32 Å². The number of carboxylic acids is 1. The van der Waals surface area contributed by atoms with Gasteiger partial charge in [0.15, 0.2) is 0 Å². The molecule has 0 aromatic carbocycles. The molecule has 0 aromatic rings. The summed E-state index contributed by atoms with van der Waals surface area (Å²) in [6.45, 7) is 5.04. The minimum absolute atomic E-state index is 0.0930. The molecule has 6 nitrogen and oxygen atoms in total. The number of nitrogens with one attached hydrogen (secondary N) is 1. The van der Waals surface area contributed by atoms with Gasteiger partial charge in [0.2, 0.25) is 0 Å². The van der Waals surface area contributed by atoms with Gasteiger partial charge in [-0.25, -0.2) is 9.59 Å². The van der Waals surface area contributed by atoms with Crippen LogP contribution in [0.1, 0.15) is 33.1 Å². The molecule has 1 heterocycles. The number of carbonyl (C=O) groups excluding carboxylic acids is 1. The monoisotopic (exact) mass is 272 g/mol. The summed E-state index contributed by atoms with van der Waals surface area (Å²) >= 11 is 0. The smallest absolute Gasteiger partial charge is 0.326 e. The average Bonchev–Trinajstić information content (AvgIpc) is 2.43. The molecule has 0 bridgehead atoms. The minimum Gasteiger partial charge on any atom is -0.480 e. The molecule has 0 aromatic heterocycles. The van der Waals surface area contributed by atoms with Gasteiger partial charge in [-0.05, 0) is 18.8 Å². The van der Waals surface area contributed by atoms with E-state index in [4.69, 9.17) is 9.84 Å². The maximum atomic E-state index is 12.1. The third kappa shape index (κ3) is 4.38.